The Morgan fingerprint density at radius 3 is 2.44 bits per heavy atom. The van der Waals surface area contributed by atoms with Gasteiger partial charge in [-0.1, -0.05) is 41.9 Å². The minimum absolute atomic E-state index is 0.107. The lowest BCUT2D eigenvalue weighted by atomic mass is 10.1. The van der Waals surface area contributed by atoms with Crippen LogP contribution in [0.3, 0.4) is 0 Å². The van der Waals surface area contributed by atoms with Gasteiger partial charge in [-0.15, -0.1) is 0 Å². The molecule has 0 aliphatic carbocycles. The van der Waals surface area contributed by atoms with Crippen LogP contribution in [-0.2, 0) is 16.1 Å². The topological polar surface area (TPSA) is 121 Å². The van der Waals surface area contributed by atoms with Gasteiger partial charge in [-0.3, -0.25) is 14.9 Å². The molecule has 0 spiro atoms. The molecule has 0 fully saturated rings. The molecular weight excluding hydrogens is 460 g/mol. The first-order chi connectivity index (χ1) is 16.3. The highest BCUT2D eigenvalue weighted by Crippen LogP contribution is 2.28. The zero-order valence-electron chi connectivity index (χ0n) is 18.6. The first-order valence-electron chi connectivity index (χ1n) is 10.4. The van der Waals surface area contributed by atoms with Crippen LogP contribution in [0, 0.1) is 6.92 Å². The Balaban J connectivity index is 1.65. The summed E-state index contributed by atoms with van der Waals surface area (Å²) in [6.07, 6.45) is 2.82. The summed E-state index contributed by atoms with van der Waals surface area (Å²) in [4.78, 5) is 36.4. The maximum absolute atomic E-state index is 12.4. The van der Waals surface area contributed by atoms with Crippen LogP contribution in [0.5, 0.6) is 5.75 Å². The number of nitrogens with one attached hydrogen (secondary N) is 1. The summed E-state index contributed by atoms with van der Waals surface area (Å²) < 4.78 is 16.1. The number of hydrogen-bond donors (Lipinski definition) is 2. The highest BCUT2D eigenvalue weighted by molar-refractivity contribution is 6.31. The Morgan fingerprint density at radius 2 is 1.79 bits per heavy atom. The minimum atomic E-state index is -0.924. The van der Waals surface area contributed by atoms with Gasteiger partial charge < -0.3 is 19.6 Å². The standard InChI is InChI=1S/C25H23ClN2O6/c1-3-32-25(31)21-15(2)34-24(22(21)23(27)30)28-20(29)13-10-16-8-11-18(12-9-16)33-14-17-6-4-5-7-19(17)26/h4-13H,3,14H2,1-2H3,(H2,27,30)(H,28,29)/b13-10+. The Morgan fingerprint density at radius 1 is 1.09 bits per heavy atom. The molecule has 0 bridgehead atoms. The van der Waals surface area contributed by atoms with E-state index >= 15 is 0 Å². The Labute approximate surface area is 201 Å². The Kier molecular flexibility index (Phi) is 8.10. The van der Waals surface area contributed by atoms with Crippen LogP contribution in [-0.4, -0.2) is 24.4 Å². The van der Waals surface area contributed by atoms with Crippen LogP contribution in [0.25, 0.3) is 6.08 Å². The maximum Gasteiger partial charge on any atom is 0.342 e. The molecule has 3 N–H and O–H groups in total. The van der Waals surface area contributed by atoms with Crippen molar-refractivity contribution in [1.29, 1.82) is 0 Å². The third kappa shape index (κ3) is 6.05. The van der Waals surface area contributed by atoms with Crippen LogP contribution < -0.4 is 15.8 Å². The summed E-state index contributed by atoms with van der Waals surface area (Å²) in [6, 6.07) is 14.5. The second-order valence-electron chi connectivity index (χ2n) is 7.09. The van der Waals surface area contributed by atoms with Crippen molar-refractivity contribution in [1.82, 2.24) is 0 Å². The zero-order chi connectivity index (χ0) is 24.7. The molecule has 2 aromatic carbocycles. The number of rotatable bonds is 9. The molecule has 3 aromatic rings. The molecule has 0 saturated carbocycles. The molecule has 0 saturated heterocycles. The van der Waals surface area contributed by atoms with Crippen molar-refractivity contribution in [2.75, 3.05) is 11.9 Å². The van der Waals surface area contributed by atoms with E-state index in [1.54, 1.807) is 43.3 Å². The molecular formula is C25H23ClN2O6. The van der Waals surface area contributed by atoms with E-state index in [2.05, 4.69) is 5.32 Å². The van der Waals surface area contributed by atoms with Crippen molar-refractivity contribution in [2.24, 2.45) is 5.73 Å². The zero-order valence-corrected chi connectivity index (χ0v) is 19.3. The second-order valence-corrected chi connectivity index (χ2v) is 7.50. The fourth-order valence-corrected chi connectivity index (χ4v) is 3.28. The summed E-state index contributed by atoms with van der Waals surface area (Å²) in [5.74, 6) is -1.72. The van der Waals surface area contributed by atoms with Gasteiger partial charge in [0.1, 0.15) is 29.2 Å². The van der Waals surface area contributed by atoms with Gasteiger partial charge in [0.25, 0.3) is 11.8 Å². The first kappa shape index (κ1) is 24.6. The van der Waals surface area contributed by atoms with Crippen LogP contribution in [0.4, 0.5) is 5.88 Å². The van der Waals surface area contributed by atoms with Crippen molar-refractivity contribution in [3.63, 3.8) is 0 Å². The normalized spacial score (nSPS) is 10.8. The molecule has 1 aromatic heterocycles. The smallest absolute Gasteiger partial charge is 0.342 e. The molecule has 176 valence electrons. The molecule has 0 atom stereocenters. The third-order valence-electron chi connectivity index (χ3n) is 4.71. The number of halogens is 1. The quantitative estimate of drug-likeness (QED) is 0.335. The number of amides is 2. The van der Waals surface area contributed by atoms with Gasteiger partial charge in [-0.05, 0) is 43.7 Å². The van der Waals surface area contributed by atoms with E-state index in [-0.39, 0.29) is 29.4 Å². The lowest BCUT2D eigenvalue weighted by molar-refractivity contribution is -0.111. The van der Waals surface area contributed by atoms with Gasteiger partial charge in [0.15, 0.2) is 0 Å². The number of nitrogens with two attached hydrogens (primary N) is 1. The Bertz CT molecular complexity index is 1230. The van der Waals surface area contributed by atoms with Crippen LogP contribution in [0.2, 0.25) is 5.02 Å². The van der Waals surface area contributed by atoms with Crippen molar-refractivity contribution >= 4 is 41.3 Å². The van der Waals surface area contributed by atoms with Gasteiger partial charge in [0.2, 0.25) is 5.88 Å². The molecule has 1 heterocycles. The fraction of sp³-hybridized carbons (Fsp3) is 0.160. The number of furan rings is 1. The number of anilines is 1. The molecule has 3 rings (SSSR count). The summed E-state index contributed by atoms with van der Waals surface area (Å²) in [5.41, 5.74) is 6.65. The SMILES string of the molecule is CCOC(=O)c1c(C)oc(NC(=O)/C=C/c2ccc(OCc3ccccc3Cl)cc2)c1C(N)=O. The van der Waals surface area contributed by atoms with E-state index in [9.17, 15) is 14.4 Å². The second kappa shape index (κ2) is 11.2. The molecule has 2 amide bonds. The number of carbonyl (C=O) groups is 3. The highest BCUT2D eigenvalue weighted by atomic mass is 35.5. The number of aryl methyl sites for hydroxylation is 1. The number of esters is 1. The summed E-state index contributed by atoms with van der Waals surface area (Å²) >= 11 is 6.13. The van der Waals surface area contributed by atoms with Crippen LogP contribution in [0.15, 0.2) is 59.0 Å². The molecule has 8 nitrogen and oxygen atoms in total. The van der Waals surface area contributed by atoms with Crippen LogP contribution >= 0.6 is 11.6 Å². The number of carbonyl (C=O) groups excluding carboxylic acids is 3. The predicted octanol–water partition coefficient (Wildman–Crippen LogP) is 4.75. The first-order valence-corrected chi connectivity index (χ1v) is 10.7. The molecule has 0 aliphatic rings. The molecule has 0 aliphatic heterocycles. The average molecular weight is 483 g/mol. The van der Waals surface area contributed by atoms with Gasteiger partial charge in [0.05, 0.1) is 6.61 Å². The monoisotopic (exact) mass is 482 g/mol. The fourth-order valence-electron chi connectivity index (χ4n) is 3.09. The molecule has 0 unspecified atom stereocenters. The van der Waals surface area contributed by atoms with E-state index in [1.807, 2.05) is 18.2 Å². The summed E-state index contributed by atoms with van der Waals surface area (Å²) in [6.45, 7) is 3.54. The molecule has 34 heavy (non-hydrogen) atoms. The number of benzene rings is 2. The molecule has 9 heteroatoms. The third-order valence-corrected chi connectivity index (χ3v) is 5.08. The van der Waals surface area contributed by atoms with E-state index < -0.39 is 17.8 Å². The van der Waals surface area contributed by atoms with Gasteiger partial charge in [-0.2, -0.15) is 0 Å². The number of hydrogen-bond acceptors (Lipinski definition) is 6. The van der Waals surface area contributed by atoms with E-state index in [1.165, 1.54) is 13.0 Å². The molecule has 0 radical (unpaired) electrons. The van der Waals surface area contributed by atoms with E-state index in [0.29, 0.717) is 17.4 Å². The van der Waals surface area contributed by atoms with Crippen molar-refractivity contribution in [2.45, 2.75) is 20.5 Å². The minimum Gasteiger partial charge on any atom is -0.489 e. The van der Waals surface area contributed by atoms with Gasteiger partial charge in [0, 0.05) is 16.7 Å². The number of ether oxygens (including phenoxy) is 2. The van der Waals surface area contributed by atoms with Crippen LogP contribution in [0.1, 0.15) is 44.5 Å². The number of primary amides is 1. The summed E-state index contributed by atoms with van der Waals surface area (Å²) in [7, 11) is 0. The predicted molar refractivity (Wildman–Crippen MR) is 128 cm³/mol. The Hall–Kier alpha value is -4.04. The largest absolute Gasteiger partial charge is 0.489 e. The average Bonchev–Trinajstić information content (AvgIpc) is 3.13. The van der Waals surface area contributed by atoms with Crippen molar-refractivity contribution < 1.29 is 28.3 Å². The lowest BCUT2D eigenvalue weighted by Gasteiger charge is -2.07. The van der Waals surface area contributed by atoms with Gasteiger partial charge in [-0.25, -0.2) is 4.79 Å². The van der Waals surface area contributed by atoms with Gasteiger partial charge >= 0.3 is 5.97 Å². The van der Waals surface area contributed by atoms with E-state index in [0.717, 1.165) is 11.1 Å². The van der Waals surface area contributed by atoms with Crippen molar-refractivity contribution in [3.8, 4) is 5.75 Å². The lowest BCUT2D eigenvalue weighted by Crippen LogP contribution is -2.19. The maximum atomic E-state index is 12.4. The van der Waals surface area contributed by atoms with Crippen molar-refractivity contribution in [3.05, 3.63) is 87.6 Å². The highest BCUT2D eigenvalue weighted by Gasteiger charge is 2.28. The van der Waals surface area contributed by atoms with E-state index in [4.69, 9.17) is 31.2 Å². The summed E-state index contributed by atoms with van der Waals surface area (Å²) in [5, 5.41) is 3.07.